The van der Waals surface area contributed by atoms with Crippen molar-refractivity contribution in [2.24, 2.45) is 0 Å². The highest BCUT2D eigenvalue weighted by Crippen LogP contribution is 2.20. The molecule has 1 amide bonds. The van der Waals surface area contributed by atoms with Crippen molar-refractivity contribution < 1.29 is 13.9 Å². The van der Waals surface area contributed by atoms with Crippen LogP contribution in [0.25, 0.3) is 11.5 Å². The van der Waals surface area contributed by atoms with Crippen molar-refractivity contribution in [1.29, 1.82) is 0 Å². The molecule has 118 valence electrons. The van der Waals surface area contributed by atoms with Crippen LogP contribution in [0.3, 0.4) is 0 Å². The largest absolute Gasteiger partial charge is 0.492 e. The predicted octanol–water partition coefficient (Wildman–Crippen LogP) is 2.79. The number of carbonyl (C=O) groups is 1. The first-order valence-corrected chi connectivity index (χ1v) is 7.30. The van der Waals surface area contributed by atoms with Gasteiger partial charge in [-0.25, -0.2) is 0 Å². The second kappa shape index (κ2) is 6.83. The number of ether oxygens (including phenoxy) is 1. The average molecular weight is 311 g/mol. The van der Waals surface area contributed by atoms with Crippen molar-refractivity contribution in [3.05, 3.63) is 60.0 Å². The molecule has 0 aliphatic carbocycles. The lowest BCUT2D eigenvalue weighted by Crippen LogP contribution is -2.28. The molecule has 0 unspecified atom stereocenters. The van der Waals surface area contributed by atoms with Crippen LogP contribution >= 0.6 is 0 Å². The highest BCUT2D eigenvalue weighted by molar-refractivity contribution is 5.93. The number of rotatable bonds is 6. The minimum atomic E-state index is -0.257. The van der Waals surface area contributed by atoms with E-state index in [1.54, 1.807) is 6.07 Å². The van der Waals surface area contributed by atoms with E-state index in [0.29, 0.717) is 30.3 Å². The van der Waals surface area contributed by atoms with Gasteiger partial charge >= 0.3 is 0 Å². The Balaban J connectivity index is 1.50. The molecule has 23 heavy (non-hydrogen) atoms. The maximum atomic E-state index is 12.0. The van der Waals surface area contributed by atoms with Gasteiger partial charge in [0, 0.05) is 6.07 Å². The number of furan rings is 1. The third kappa shape index (κ3) is 3.79. The molecule has 0 bridgehead atoms. The fraction of sp³-hybridized carbons (Fsp3) is 0.176. The van der Waals surface area contributed by atoms with Crippen molar-refractivity contribution in [1.82, 2.24) is 15.5 Å². The van der Waals surface area contributed by atoms with E-state index in [2.05, 4.69) is 15.5 Å². The first-order valence-electron chi connectivity index (χ1n) is 7.30. The van der Waals surface area contributed by atoms with Crippen LogP contribution in [0.1, 0.15) is 16.2 Å². The van der Waals surface area contributed by atoms with Gasteiger partial charge < -0.3 is 14.5 Å². The Kier molecular flexibility index (Phi) is 4.42. The number of para-hydroxylation sites is 1. The van der Waals surface area contributed by atoms with Crippen LogP contribution in [0.4, 0.5) is 0 Å². The summed E-state index contributed by atoms with van der Waals surface area (Å²) in [6.07, 6.45) is 0. The second-order valence-electron chi connectivity index (χ2n) is 4.99. The maximum Gasteiger partial charge on any atom is 0.271 e. The molecule has 2 N–H and O–H groups in total. The van der Waals surface area contributed by atoms with Gasteiger partial charge in [-0.05, 0) is 31.2 Å². The molecule has 0 aliphatic rings. The van der Waals surface area contributed by atoms with Crippen LogP contribution in [-0.2, 0) is 0 Å². The fourth-order valence-electron chi connectivity index (χ4n) is 2.08. The summed E-state index contributed by atoms with van der Waals surface area (Å²) in [5.74, 6) is 1.98. The molecule has 0 spiro atoms. The van der Waals surface area contributed by atoms with Gasteiger partial charge in [-0.2, -0.15) is 5.10 Å². The van der Waals surface area contributed by atoms with Gasteiger partial charge in [0.25, 0.3) is 5.91 Å². The molecule has 6 heteroatoms. The number of carbonyl (C=O) groups excluding carboxylic acids is 1. The van der Waals surface area contributed by atoms with Gasteiger partial charge in [-0.3, -0.25) is 9.89 Å². The summed E-state index contributed by atoms with van der Waals surface area (Å²) in [4.78, 5) is 12.0. The molecule has 6 nitrogen and oxygen atoms in total. The summed E-state index contributed by atoms with van der Waals surface area (Å²) in [6.45, 7) is 2.65. The van der Waals surface area contributed by atoms with Crippen LogP contribution in [0.15, 0.2) is 52.9 Å². The Morgan fingerprint density at radius 2 is 2.09 bits per heavy atom. The summed E-state index contributed by atoms with van der Waals surface area (Å²) in [5.41, 5.74) is 0.984. The van der Waals surface area contributed by atoms with E-state index in [9.17, 15) is 4.79 Å². The molecule has 3 aromatic rings. The number of aromatic amines is 1. The van der Waals surface area contributed by atoms with E-state index in [4.69, 9.17) is 9.15 Å². The van der Waals surface area contributed by atoms with Crippen LogP contribution < -0.4 is 10.1 Å². The third-order valence-corrected chi connectivity index (χ3v) is 3.22. The zero-order valence-electron chi connectivity index (χ0n) is 12.7. The van der Waals surface area contributed by atoms with Gasteiger partial charge in [0.15, 0.2) is 11.5 Å². The normalized spacial score (nSPS) is 10.5. The SMILES string of the molecule is Cc1ccc(-c2cc(C(=O)NCCOc3ccccc3)n[nH]2)o1. The van der Waals surface area contributed by atoms with Crippen LogP contribution in [0.2, 0.25) is 0 Å². The Labute approximate surface area is 133 Å². The molecule has 3 rings (SSSR count). The zero-order valence-corrected chi connectivity index (χ0v) is 12.7. The number of benzene rings is 1. The Morgan fingerprint density at radius 3 is 2.83 bits per heavy atom. The van der Waals surface area contributed by atoms with E-state index >= 15 is 0 Å². The molecule has 2 aromatic heterocycles. The number of nitrogens with zero attached hydrogens (tertiary/aromatic N) is 1. The minimum Gasteiger partial charge on any atom is -0.492 e. The number of amides is 1. The molecule has 2 heterocycles. The molecular formula is C17H17N3O3. The van der Waals surface area contributed by atoms with Gasteiger partial charge in [-0.1, -0.05) is 18.2 Å². The van der Waals surface area contributed by atoms with Gasteiger partial charge in [0.05, 0.1) is 6.54 Å². The van der Waals surface area contributed by atoms with Gasteiger partial charge in [-0.15, -0.1) is 0 Å². The fourth-order valence-corrected chi connectivity index (χ4v) is 2.08. The molecular weight excluding hydrogens is 294 g/mol. The monoisotopic (exact) mass is 311 g/mol. The summed E-state index contributed by atoms with van der Waals surface area (Å²) in [5, 5.41) is 9.56. The Hall–Kier alpha value is -3.02. The first-order chi connectivity index (χ1) is 11.2. The lowest BCUT2D eigenvalue weighted by Gasteiger charge is -2.06. The lowest BCUT2D eigenvalue weighted by molar-refractivity contribution is 0.0942. The number of hydrogen-bond acceptors (Lipinski definition) is 4. The minimum absolute atomic E-state index is 0.257. The van der Waals surface area contributed by atoms with Gasteiger partial charge in [0.2, 0.25) is 0 Å². The quantitative estimate of drug-likeness (QED) is 0.686. The van der Waals surface area contributed by atoms with Crippen molar-refractivity contribution in [2.45, 2.75) is 6.92 Å². The molecule has 0 fully saturated rings. The van der Waals surface area contributed by atoms with Crippen LogP contribution in [0.5, 0.6) is 5.75 Å². The van der Waals surface area contributed by atoms with Crippen molar-refractivity contribution in [3.8, 4) is 17.2 Å². The highest BCUT2D eigenvalue weighted by atomic mass is 16.5. The summed E-state index contributed by atoms with van der Waals surface area (Å²) < 4.78 is 11.0. The highest BCUT2D eigenvalue weighted by Gasteiger charge is 2.12. The molecule has 0 radical (unpaired) electrons. The first kappa shape index (κ1) is 14.9. The number of nitrogens with one attached hydrogen (secondary N) is 2. The second-order valence-corrected chi connectivity index (χ2v) is 4.99. The number of hydrogen-bond donors (Lipinski definition) is 2. The topological polar surface area (TPSA) is 80.1 Å². The average Bonchev–Trinajstić information content (AvgIpc) is 3.21. The molecule has 0 aliphatic heterocycles. The standard InChI is InChI=1S/C17H17N3O3/c1-12-7-8-16(23-12)14-11-15(20-19-14)17(21)18-9-10-22-13-5-3-2-4-6-13/h2-8,11H,9-10H2,1H3,(H,18,21)(H,19,20). The van der Waals surface area contributed by atoms with Gasteiger partial charge in [0.1, 0.15) is 23.8 Å². The van der Waals surface area contributed by atoms with E-state index in [1.165, 1.54) is 0 Å². The van der Waals surface area contributed by atoms with Crippen molar-refractivity contribution in [2.75, 3.05) is 13.2 Å². The van der Waals surface area contributed by atoms with E-state index in [0.717, 1.165) is 11.5 Å². The molecule has 0 saturated heterocycles. The maximum absolute atomic E-state index is 12.0. The predicted molar refractivity (Wildman–Crippen MR) is 85.3 cm³/mol. The number of H-pyrrole nitrogens is 1. The molecule has 1 aromatic carbocycles. The summed E-state index contributed by atoms with van der Waals surface area (Å²) >= 11 is 0. The Morgan fingerprint density at radius 1 is 1.26 bits per heavy atom. The lowest BCUT2D eigenvalue weighted by atomic mass is 10.3. The van der Waals surface area contributed by atoms with Crippen LogP contribution in [-0.4, -0.2) is 29.3 Å². The smallest absolute Gasteiger partial charge is 0.271 e. The van der Waals surface area contributed by atoms with Crippen molar-refractivity contribution in [3.63, 3.8) is 0 Å². The zero-order chi connectivity index (χ0) is 16.1. The van der Waals surface area contributed by atoms with Crippen molar-refractivity contribution >= 4 is 5.91 Å². The van der Waals surface area contributed by atoms with E-state index < -0.39 is 0 Å². The third-order valence-electron chi connectivity index (χ3n) is 3.22. The van der Waals surface area contributed by atoms with Crippen LogP contribution in [0, 0.1) is 6.92 Å². The number of aromatic nitrogens is 2. The summed E-state index contributed by atoms with van der Waals surface area (Å²) in [6, 6.07) is 14.8. The molecule has 0 atom stereocenters. The van der Waals surface area contributed by atoms with E-state index in [-0.39, 0.29) is 5.91 Å². The Bertz CT molecular complexity index is 777. The molecule has 0 saturated carbocycles. The summed E-state index contributed by atoms with van der Waals surface area (Å²) in [7, 11) is 0. The number of aryl methyl sites for hydroxylation is 1. The van der Waals surface area contributed by atoms with E-state index in [1.807, 2.05) is 49.4 Å².